The number of carbonyl (C=O) groups is 1. The van der Waals surface area contributed by atoms with Gasteiger partial charge in [0, 0.05) is 19.0 Å². The summed E-state index contributed by atoms with van der Waals surface area (Å²) in [5, 5.41) is 3.88. The molecule has 1 atom stereocenters. The maximum atomic E-state index is 12.6. The van der Waals surface area contributed by atoms with Crippen LogP contribution in [0, 0.1) is 0 Å². The number of ether oxygens (including phenoxy) is 1. The third-order valence-electron chi connectivity index (χ3n) is 3.75. The first-order chi connectivity index (χ1) is 11.2. The summed E-state index contributed by atoms with van der Waals surface area (Å²) in [6.07, 6.45) is 1.45. The van der Waals surface area contributed by atoms with Crippen LogP contribution in [0.4, 0.5) is 5.82 Å². The highest BCUT2D eigenvalue weighted by molar-refractivity contribution is 5.92. The number of aromatic nitrogens is 2. The average molecular weight is 316 g/mol. The second-order valence-corrected chi connectivity index (χ2v) is 5.53. The lowest BCUT2D eigenvalue weighted by molar-refractivity contribution is -0.0249. The zero-order chi connectivity index (χ0) is 16.2. The van der Waals surface area contributed by atoms with Gasteiger partial charge in [-0.25, -0.2) is 4.98 Å². The van der Waals surface area contributed by atoms with Gasteiger partial charge in [-0.05, 0) is 18.6 Å². The van der Waals surface area contributed by atoms with E-state index in [-0.39, 0.29) is 12.0 Å². The molecule has 1 saturated heterocycles. The van der Waals surface area contributed by atoms with E-state index in [9.17, 15) is 4.79 Å². The Bertz CT molecular complexity index is 685. The molecule has 0 spiro atoms. The van der Waals surface area contributed by atoms with Gasteiger partial charge in [0.15, 0.2) is 5.69 Å². The van der Waals surface area contributed by atoms with Crippen LogP contribution >= 0.6 is 0 Å². The molecule has 7 heteroatoms. The Kier molecular flexibility index (Phi) is 4.57. The van der Waals surface area contributed by atoms with E-state index < -0.39 is 0 Å². The van der Waals surface area contributed by atoms with Crippen molar-refractivity contribution in [3.05, 3.63) is 41.4 Å². The van der Waals surface area contributed by atoms with Gasteiger partial charge in [-0.2, -0.15) is 0 Å². The van der Waals surface area contributed by atoms with Gasteiger partial charge in [0.2, 0.25) is 0 Å². The molecule has 0 unspecified atom stereocenters. The van der Waals surface area contributed by atoms with Crippen molar-refractivity contribution in [1.29, 1.82) is 0 Å². The number of amides is 1. The lowest BCUT2D eigenvalue weighted by atomic mass is 10.1. The standard InChI is InChI=1S/C16H20N4O3/c1-2-4-11-9-13(19-23-11)16(21)20-7-8-22-14(10-20)12-5-3-6-15(17)18-12/h3,5-6,9,14H,2,4,7-8,10H2,1H3,(H2,17,18)/t14-/m1/s1. The van der Waals surface area contributed by atoms with Crippen molar-refractivity contribution in [2.75, 3.05) is 25.4 Å². The van der Waals surface area contributed by atoms with Crippen LogP contribution in [0.2, 0.25) is 0 Å². The first-order valence-corrected chi connectivity index (χ1v) is 7.76. The Labute approximate surface area is 134 Å². The fourth-order valence-corrected chi connectivity index (χ4v) is 2.60. The highest BCUT2D eigenvalue weighted by Gasteiger charge is 2.28. The summed E-state index contributed by atoms with van der Waals surface area (Å²) >= 11 is 0. The predicted octanol–water partition coefficient (Wildman–Crippen LogP) is 1.82. The number of rotatable bonds is 4. The predicted molar refractivity (Wildman–Crippen MR) is 83.7 cm³/mol. The molecule has 1 aliphatic rings. The van der Waals surface area contributed by atoms with Gasteiger partial charge in [0.1, 0.15) is 17.7 Å². The van der Waals surface area contributed by atoms with Crippen LogP contribution in [-0.4, -0.2) is 40.6 Å². The largest absolute Gasteiger partial charge is 0.384 e. The molecular weight excluding hydrogens is 296 g/mol. The van der Waals surface area contributed by atoms with E-state index in [4.69, 9.17) is 15.0 Å². The van der Waals surface area contributed by atoms with Gasteiger partial charge in [-0.1, -0.05) is 18.1 Å². The first-order valence-electron chi connectivity index (χ1n) is 7.76. The van der Waals surface area contributed by atoms with Crippen LogP contribution in [0.15, 0.2) is 28.8 Å². The second-order valence-electron chi connectivity index (χ2n) is 5.53. The van der Waals surface area contributed by atoms with Crippen LogP contribution in [0.25, 0.3) is 0 Å². The number of aryl methyl sites for hydroxylation is 1. The molecular formula is C16H20N4O3. The Balaban J connectivity index is 1.71. The quantitative estimate of drug-likeness (QED) is 0.924. The van der Waals surface area contributed by atoms with Gasteiger partial charge >= 0.3 is 0 Å². The van der Waals surface area contributed by atoms with Gasteiger partial charge in [0.25, 0.3) is 5.91 Å². The molecule has 122 valence electrons. The van der Waals surface area contributed by atoms with Crippen molar-refractivity contribution in [3.8, 4) is 0 Å². The number of nitrogens with two attached hydrogens (primary N) is 1. The molecule has 3 heterocycles. The van der Waals surface area contributed by atoms with Crippen molar-refractivity contribution in [1.82, 2.24) is 15.0 Å². The first kappa shape index (κ1) is 15.5. The zero-order valence-corrected chi connectivity index (χ0v) is 13.1. The lowest BCUT2D eigenvalue weighted by Crippen LogP contribution is -2.42. The molecule has 0 aliphatic carbocycles. The number of nitrogen functional groups attached to an aromatic ring is 1. The fourth-order valence-electron chi connectivity index (χ4n) is 2.60. The molecule has 7 nitrogen and oxygen atoms in total. The minimum atomic E-state index is -0.279. The summed E-state index contributed by atoms with van der Waals surface area (Å²) in [6, 6.07) is 7.12. The minimum Gasteiger partial charge on any atom is -0.384 e. The van der Waals surface area contributed by atoms with Gasteiger partial charge < -0.3 is 19.9 Å². The summed E-state index contributed by atoms with van der Waals surface area (Å²) in [5.41, 5.74) is 6.79. The molecule has 3 rings (SSSR count). The van der Waals surface area contributed by atoms with E-state index in [0.717, 1.165) is 24.3 Å². The van der Waals surface area contributed by atoms with Gasteiger partial charge in [0.05, 0.1) is 18.8 Å². The molecule has 2 N–H and O–H groups in total. The Morgan fingerprint density at radius 3 is 3.13 bits per heavy atom. The molecule has 0 saturated carbocycles. The number of nitrogens with zero attached hydrogens (tertiary/aromatic N) is 3. The van der Waals surface area contributed by atoms with E-state index in [0.29, 0.717) is 31.2 Å². The summed E-state index contributed by atoms with van der Waals surface area (Å²) in [5.74, 6) is 1.03. The van der Waals surface area contributed by atoms with E-state index in [1.165, 1.54) is 0 Å². The highest BCUT2D eigenvalue weighted by atomic mass is 16.5. The van der Waals surface area contributed by atoms with Gasteiger partial charge in [-0.15, -0.1) is 0 Å². The molecule has 0 aromatic carbocycles. The molecule has 0 bridgehead atoms. The number of anilines is 1. The van der Waals surface area contributed by atoms with E-state index in [1.54, 1.807) is 17.0 Å². The zero-order valence-electron chi connectivity index (χ0n) is 13.1. The SMILES string of the molecule is CCCc1cc(C(=O)N2CCO[C@@H](c3cccc(N)n3)C2)no1. The van der Waals surface area contributed by atoms with Crippen LogP contribution < -0.4 is 5.73 Å². The highest BCUT2D eigenvalue weighted by Crippen LogP contribution is 2.22. The van der Waals surface area contributed by atoms with Crippen LogP contribution in [-0.2, 0) is 11.2 Å². The molecule has 1 amide bonds. The summed E-state index contributed by atoms with van der Waals surface area (Å²) in [6.45, 7) is 3.45. The Morgan fingerprint density at radius 2 is 2.35 bits per heavy atom. The molecule has 0 radical (unpaired) electrons. The van der Waals surface area contributed by atoms with Crippen LogP contribution in [0.5, 0.6) is 0 Å². The Morgan fingerprint density at radius 1 is 1.48 bits per heavy atom. The summed E-state index contributed by atoms with van der Waals surface area (Å²) in [4.78, 5) is 18.6. The minimum absolute atomic E-state index is 0.145. The van der Waals surface area contributed by atoms with Crippen molar-refractivity contribution in [2.45, 2.75) is 25.9 Å². The summed E-state index contributed by atoms with van der Waals surface area (Å²) in [7, 11) is 0. The monoisotopic (exact) mass is 316 g/mol. The molecule has 2 aromatic rings. The maximum absolute atomic E-state index is 12.6. The van der Waals surface area contributed by atoms with Crippen molar-refractivity contribution >= 4 is 11.7 Å². The van der Waals surface area contributed by atoms with E-state index in [1.807, 2.05) is 12.1 Å². The number of pyridine rings is 1. The normalized spacial score (nSPS) is 18.1. The maximum Gasteiger partial charge on any atom is 0.276 e. The van der Waals surface area contributed by atoms with Crippen molar-refractivity contribution in [3.63, 3.8) is 0 Å². The third-order valence-corrected chi connectivity index (χ3v) is 3.75. The van der Waals surface area contributed by atoms with Crippen LogP contribution in [0.3, 0.4) is 0 Å². The molecule has 2 aromatic heterocycles. The van der Waals surface area contributed by atoms with E-state index in [2.05, 4.69) is 17.1 Å². The molecule has 1 aliphatic heterocycles. The molecule has 1 fully saturated rings. The molecule has 23 heavy (non-hydrogen) atoms. The third kappa shape index (κ3) is 3.50. The topological polar surface area (TPSA) is 94.5 Å². The number of hydrogen-bond donors (Lipinski definition) is 1. The van der Waals surface area contributed by atoms with Crippen molar-refractivity contribution in [2.24, 2.45) is 0 Å². The number of hydrogen-bond acceptors (Lipinski definition) is 6. The number of morpholine rings is 1. The fraction of sp³-hybridized carbons (Fsp3) is 0.438. The Hall–Kier alpha value is -2.41. The lowest BCUT2D eigenvalue weighted by Gasteiger charge is -2.32. The smallest absolute Gasteiger partial charge is 0.276 e. The van der Waals surface area contributed by atoms with Gasteiger partial charge in [-0.3, -0.25) is 4.79 Å². The summed E-state index contributed by atoms with van der Waals surface area (Å²) < 4.78 is 10.9. The van der Waals surface area contributed by atoms with E-state index >= 15 is 0 Å². The van der Waals surface area contributed by atoms with Crippen molar-refractivity contribution < 1.29 is 14.1 Å². The van der Waals surface area contributed by atoms with Crippen LogP contribution in [0.1, 0.15) is 41.4 Å². The average Bonchev–Trinajstić information content (AvgIpc) is 3.03. The second kappa shape index (κ2) is 6.78. The number of carbonyl (C=O) groups excluding carboxylic acids is 1.